The quantitative estimate of drug-likeness (QED) is 0.356. The van der Waals surface area contributed by atoms with Crippen molar-refractivity contribution in [3.8, 4) is 5.75 Å². The van der Waals surface area contributed by atoms with Crippen LogP contribution in [0.25, 0.3) is 5.76 Å². The van der Waals surface area contributed by atoms with E-state index in [1.807, 2.05) is 55.6 Å². The molecule has 3 N–H and O–H groups in total. The summed E-state index contributed by atoms with van der Waals surface area (Å²) < 4.78 is 5.95. The molecule has 0 aliphatic heterocycles. The normalized spacial score (nSPS) is 10.8. The number of ether oxygens (including phenoxy) is 1. The van der Waals surface area contributed by atoms with Crippen molar-refractivity contribution in [3.63, 3.8) is 0 Å². The highest BCUT2D eigenvalue weighted by Gasteiger charge is 2.05. The fourth-order valence-electron chi connectivity index (χ4n) is 2.04. The first kappa shape index (κ1) is 23.3. The van der Waals surface area contributed by atoms with Gasteiger partial charge in [0.1, 0.15) is 11.5 Å². The van der Waals surface area contributed by atoms with Gasteiger partial charge in [0.15, 0.2) is 5.78 Å². The summed E-state index contributed by atoms with van der Waals surface area (Å²) in [5.74, 6) is -0.956. The number of carboxylic acid groups (broad SMARTS) is 2. The number of carboxylic acids is 2. The Hall–Kier alpha value is -3.71. The molecule has 7 nitrogen and oxygen atoms in total. The maximum Gasteiger partial charge on any atom is 0.328 e. The molecule has 0 saturated heterocycles. The largest absolute Gasteiger partial charge is 0.478 e. The lowest BCUT2D eigenvalue weighted by Crippen LogP contribution is -2.07. The van der Waals surface area contributed by atoms with E-state index in [-0.39, 0.29) is 5.78 Å². The van der Waals surface area contributed by atoms with Gasteiger partial charge >= 0.3 is 11.9 Å². The van der Waals surface area contributed by atoms with Crippen LogP contribution in [-0.4, -0.2) is 41.5 Å². The number of Topliss-reactive ketones (excluding diaryl/α,β-unsaturated/α-hetero) is 1. The number of aliphatic carboxylic acids is 2. The zero-order valence-electron chi connectivity index (χ0n) is 16.2. The Balaban J connectivity index is 0.000000447. The third-order valence-electron chi connectivity index (χ3n) is 3.41. The molecule has 0 aliphatic carbocycles. The molecule has 0 unspecified atom stereocenters. The van der Waals surface area contributed by atoms with Crippen LogP contribution in [-0.2, 0) is 9.59 Å². The molecule has 152 valence electrons. The van der Waals surface area contributed by atoms with Gasteiger partial charge < -0.3 is 20.3 Å². The van der Waals surface area contributed by atoms with E-state index < -0.39 is 11.9 Å². The lowest BCUT2D eigenvalue weighted by molar-refractivity contribution is -0.134. The topological polar surface area (TPSA) is 113 Å². The maximum atomic E-state index is 11.3. The molecule has 0 atom stereocenters. The first-order valence-corrected chi connectivity index (χ1v) is 8.66. The smallest absolute Gasteiger partial charge is 0.328 e. The minimum Gasteiger partial charge on any atom is -0.478 e. The number of likely N-dealkylation sites (N-methyl/N-ethyl adjacent to an activating group) is 1. The van der Waals surface area contributed by atoms with Crippen LogP contribution in [0.1, 0.15) is 22.8 Å². The highest BCUT2D eigenvalue weighted by molar-refractivity contribution is 5.94. The molecule has 0 spiro atoms. The third kappa shape index (κ3) is 9.69. The van der Waals surface area contributed by atoms with Crippen molar-refractivity contribution in [2.45, 2.75) is 6.92 Å². The molecule has 0 bridgehead atoms. The second kappa shape index (κ2) is 12.6. The van der Waals surface area contributed by atoms with E-state index in [1.165, 1.54) is 0 Å². The van der Waals surface area contributed by atoms with Crippen LogP contribution >= 0.6 is 0 Å². The van der Waals surface area contributed by atoms with E-state index in [0.717, 1.165) is 17.9 Å². The van der Waals surface area contributed by atoms with E-state index in [2.05, 4.69) is 5.32 Å². The number of hydrogen-bond acceptors (Lipinski definition) is 5. The first-order valence-electron chi connectivity index (χ1n) is 8.66. The number of carbonyl (C=O) groups is 3. The highest BCUT2D eigenvalue weighted by atomic mass is 16.5. The van der Waals surface area contributed by atoms with Gasteiger partial charge in [-0.25, -0.2) is 9.59 Å². The fraction of sp³-hybridized carbons (Fsp3) is 0.136. The molecule has 0 heterocycles. The van der Waals surface area contributed by atoms with Crippen LogP contribution in [0.15, 0.2) is 72.8 Å². The van der Waals surface area contributed by atoms with Gasteiger partial charge in [-0.2, -0.15) is 0 Å². The molecule has 2 aromatic rings. The van der Waals surface area contributed by atoms with E-state index in [0.29, 0.717) is 23.5 Å². The standard InChI is InChI=1S/C18H19NO2.C4H4O4/c1-14(20)15-8-10-17(11-9-15)21-18(12-13-19-2)16-6-4-3-5-7-16;5-3(6)1-2-4(7)8/h3-12,19H,13H2,1-2H3;1-2H,(H,5,6)(H,7,8). The average molecular weight is 397 g/mol. The molecule has 0 fully saturated rings. The van der Waals surface area contributed by atoms with Crippen molar-refractivity contribution in [2.75, 3.05) is 13.6 Å². The predicted molar refractivity (Wildman–Crippen MR) is 110 cm³/mol. The van der Waals surface area contributed by atoms with Gasteiger partial charge in [0.25, 0.3) is 0 Å². The van der Waals surface area contributed by atoms with E-state index in [1.54, 1.807) is 19.1 Å². The number of hydrogen-bond donors (Lipinski definition) is 3. The van der Waals surface area contributed by atoms with E-state index >= 15 is 0 Å². The summed E-state index contributed by atoms with van der Waals surface area (Å²) >= 11 is 0. The molecule has 2 rings (SSSR count). The van der Waals surface area contributed by atoms with Gasteiger partial charge in [0.05, 0.1) is 0 Å². The lowest BCUT2D eigenvalue weighted by Gasteiger charge is -2.11. The van der Waals surface area contributed by atoms with Crippen LogP contribution in [0, 0.1) is 0 Å². The Bertz CT molecular complexity index is 854. The summed E-state index contributed by atoms with van der Waals surface area (Å²) in [7, 11) is 1.89. The predicted octanol–water partition coefficient (Wildman–Crippen LogP) is 3.24. The van der Waals surface area contributed by atoms with Crippen molar-refractivity contribution in [3.05, 3.63) is 84.0 Å². The van der Waals surface area contributed by atoms with Crippen molar-refractivity contribution < 1.29 is 29.3 Å². The molecule has 2 aromatic carbocycles. The van der Waals surface area contributed by atoms with Gasteiger partial charge in [-0.05, 0) is 44.3 Å². The Morgan fingerprint density at radius 1 is 0.897 bits per heavy atom. The van der Waals surface area contributed by atoms with Gasteiger partial charge in [-0.1, -0.05) is 30.3 Å². The molecule has 29 heavy (non-hydrogen) atoms. The number of rotatable bonds is 8. The number of nitrogens with one attached hydrogen (secondary N) is 1. The summed E-state index contributed by atoms with van der Waals surface area (Å²) in [6, 6.07) is 17.1. The van der Waals surface area contributed by atoms with Gasteiger partial charge in [0.2, 0.25) is 0 Å². The van der Waals surface area contributed by atoms with Gasteiger partial charge in [0, 0.05) is 29.8 Å². The Morgan fingerprint density at radius 2 is 1.45 bits per heavy atom. The second-order valence-corrected chi connectivity index (χ2v) is 5.68. The summed E-state index contributed by atoms with van der Waals surface area (Å²) in [5, 5.41) is 18.7. The minimum absolute atomic E-state index is 0.0514. The van der Waals surface area contributed by atoms with Crippen molar-refractivity contribution in [2.24, 2.45) is 0 Å². The Labute approximate surface area is 169 Å². The molecule has 0 aliphatic rings. The summed E-state index contributed by atoms with van der Waals surface area (Å²) in [5.41, 5.74) is 1.70. The number of ketones is 1. The Morgan fingerprint density at radius 3 is 1.90 bits per heavy atom. The zero-order chi connectivity index (χ0) is 21.6. The summed E-state index contributed by atoms with van der Waals surface area (Å²) in [6.45, 7) is 2.27. The molecule has 0 aromatic heterocycles. The fourth-order valence-corrected chi connectivity index (χ4v) is 2.04. The zero-order valence-corrected chi connectivity index (χ0v) is 16.2. The SMILES string of the molecule is CNCC=C(Oc1ccc(C(C)=O)cc1)c1ccccc1.O=C(O)C=CC(=O)O. The molecule has 7 heteroatoms. The molecule has 0 saturated carbocycles. The third-order valence-corrected chi connectivity index (χ3v) is 3.41. The minimum atomic E-state index is -1.26. The monoisotopic (exact) mass is 397 g/mol. The van der Waals surface area contributed by atoms with Crippen LogP contribution in [0.4, 0.5) is 0 Å². The van der Waals surface area contributed by atoms with Crippen LogP contribution < -0.4 is 10.1 Å². The van der Waals surface area contributed by atoms with Crippen LogP contribution in [0.2, 0.25) is 0 Å². The molecule has 0 amide bonds. The van der Waals surface area contributed by atoms with Crippen molar-refractivity contribution in [1.29, 1.82) is 0 Å². The maximum absolute atomic E-state index is 11.3. The Kier molecular flexibility index (Phi) is 10.2. The average Bonchev–Trinajstić information content (AvgIpc) is 2.71. The van der Waals surface area contributed by atoms with E-state index in [9.17, 15) is 14.4 Å². The highest BCUT2D eigenvalue weighted by Crippen LogP contribution is 2.21. The van der Waals surface area contributed by atoms with Crippen molar-refractivity contribution in [1.82, 2.24) is 5.32 Å². The second-order valence-electron chi connectivity index (χ2n) is 5.68. The van der Waals surface area contributed by atoms with Crippen LogP contribution in [0.5, 0.6) is 5.75 Å². The van der Waals surface area contributed by atoms with Crippen molar-refractivity contribution >= 4 is 23.5 Å². The van der Waals surface area contributed by atoms with Crippen LogP contribution in [0.3, 0.4) is 0 Å². The van der Waals surface area contributed by atoms with E-state index in [4.69, 9.17) is 14.9 Å². The first-order chi connectivity index (χ1) is 13.8. The number of carbonyl (C=O) groups excluding carboxylic acids is 1. The summed E-state index contributed by atoms with van der Waals surface area (Å²) in [4.78, 5) is 30.4. The number of benzene rings is 2. The molecule has 0 radical (unpaired) electrons. The molecular formula is C22H23NO6. The molecular weight excluding hydrogens is 374 g/mol. The lowest BCUT2D eigenvalue weighted by atomic mass is 10.1. The summed E-state index contributed by atoms with van der Waals surface area (Å²) in [6.07, 6.45) is 3.11. The van der Waals surface area contributed by atoms with Gasteiger partial charge in [-0.3, -0.25) is 4.79 Å². The van der Waals surface area contributed by atoms with Gasteiger partial charge in [-0.15, -0.1) is 0 Å².